The van der Waals surface area contributed by atoms with Gasteiger partial charge in [0.25, 0.3) is 0 Å². The first-order valence-electron chi connectivity index (χ1n) is 5.72. The normalized spacial score (nSPS) is 16.5. The molecule has 0 amide bonds. The molecule has 0 N–H and O–H groups in total. The highest BCUT2D eigenvalue weighted by Gasteiger charge is 2.34. The predicted octanol–water partition coefficient (Wildman–Crippen LogP) is 3.67. The molecule has 0 aromatic carbocycles. The molecular weight excluding hydrogens is 160 g/mol. The summed E-state index contributed by atoms with van der Waals surface area (Å²) in [6.45, 7) is 2.25. The van der Waals surface area contributed by atoms with Gasteiger partial charge in [0.1, 0.15) is 5.78 Å². The lowest BCUT2D eigenvalue weighted by molar-refractivity contribution is -0.109. The Hall–Kier alpha value is -0.330. The standard InChI is InChI=1S/C12H21O/c1-2-3-4-5-6-7-8-9-11-10-12(11)13/h2-10H2,1H3. The molecule has 0 aromatic rings. The molecule has 75 valence electrons. The lowest BCUT2D eigenvalue weighted by Gasteiger charge is -1.99. The van der Waals surface area contributed by atoms with Gasteiger partial charge in [0.15, 0.2) is 0 Å². The van der Waals surface area contributed by atoms with Gasteiger partial charge in [-0.05, 0) is 6.42 Å². The molecule has 1 fully saturated rings. The molecule has 0 atom stereocenters. The average molecular weight is 181 g/mol. The van der Waals surface area contributed by atoms with Gasteiger partial charge in [-0.2, -0.15) is 0 Å². The van der Waals surface area contributed by atoms with Crippen LogP contribution in [-0.4, -0.2) is 5.78 Å². The number of rotatable bonds is 8. The Balaban J connectivity index is 1.72. The van der Waals surface area contributed by atoms with E-state index in [1.165, 1.54) is 50.9 Å². The molecule has 1 aliphatic rings. The Morgan fingerprint density at radius 2 is 1.54 bits per heavy atom. The molecular formula is C12H21O. The van der Waals surface area contributed by atoms with Crippen LogP contribution in [0.5, 0.6) is 0 Å². The number of unbranched alkanes of at least 4 members (excludes halogenated alkanes) is 6. The SMILES string of the molecule is CCCCCCCCC[C]1CC1=O. The van der Waals surface area contributed by atoms with E-state index in [9.17, 15) is 4.79 Å². The van der Waals surface area contributed by atoms with Crippen molar-refractivity contribution >= 4 is 5.78 Å². The summed E-state index contributed by atoms with van der Waals surface area (Å²) in [7, 11) is 0. The van der Waals surface area contributed by atoms with Gasteiger partial charge in [-0.15, -0.1) is 0 Å². The van der Waals surface area contributed by atoms with Crippen LogP contribution >= 0.6 is 0 Å². The van der Waals surface area contributed by atoms with Gasteiger partial charge < -0.3 is 0 Å². The van der Waals surface area contributed by atoms with E-state index in [0.717, 1.165) is 12.8 Å². The van der Waals surface area contributed by atoms with Gasteiger partial charge in [0.05, 0.1) is 0 Å². The van der Waals surface area contributed by atoms with Crippen LogP contribution in [-0.2, 0) is 4.79 Å². The second kappa shape index (κ2) is 6.17. The van der Waals surface area contributed by atoms with Crippen molar-refractivity contribution < 1.29 is 4.79 Å². The fourth-order valence-electron chi connectivity index (χ4n) is 1.67. The van der Waals surface area contributed by atoms with E-state index in [1.807, 2.05) is 0 Å². The zero-order valence-corrected chi connectivity index (χ0v) is 8.77. The Kier molecular flexibility index (Phi) is 5.10. The molecule has 0 aromatic heterocycles. The topological polar surface area (TPSA) is 17.1 Å². The van der Waals surface area contributed by atoms with Crippen molar-refractivity contribution in [3.8, 4) is 0 Å². The molecule has 13 heavy (non-hydrogen) atoms. The third-order valence-electron chi connectivity index (χ3n) is 2.73. The maximum absolute atomic E-state index is 10.7. The maximum Gasteiger partial charge on any atom is 0.141 e. The highest BCUT2D eigenvalue weighted by molar-refractivity contribution is 6.09. The van der Waals surface area contributed by atoms with E-state index in [4.69, 9.17) is 0 Å². The maximum atomic E-state index is 10.7. The molecule has 1 radical (unpaired) electrons. The Labute approximate surface area is 81.9 Å². The summed E-state index contributed by atoms with van der Waals surface area (Å²) in [4.78, 5) is 10.7. The molecule has 0 bridgehead atoms. The lowest BCUT2D eigenvalue weighted by atomic mass is 10.1. The number of carbonyl (C=O) groups is 1. The summed E-state index contributed by atoms with van der Waals surface area (Å²) in [6, 6.07) is 0. The van der Waals surface area contributed by atoms with Crippen molar-refractivity contribution in [1.29, 1.82) is 0 Å². The molecule has 1 heteroatoms. The van der Waals surface area contributed by atoms with Crippen LogP contribution in [0.2, 0.25) is 0 Å². The first-order valence-corrected chi connectivity index (χ1v) is 5.72. The minimum Gasteiger partial charge on any atom is -0.299 e. The summed E-state index contributed by atoms with van der Waals surface area (Å²) < 4.78 is 0. The first-order chi connectivity index (χ1) is 6.34. The third kappa shape index (κ3) is 5.07. The van der Waals surface area contributed by atoms with Gasteiger partial charge in [-0.1, -0.05) is 51.9 Å². The minimum absolute atomic E-state index is 0.422. The van der Waals surface area contributed by atoms with E-state index >= 15 is 0 Å². The van der Waals surface area contributed by atoms with Crippen LogP contribution in [0.3, 0.4) is 0 Å². The Morgan fingerprint density at radius 3 is 2.08 bits per heavy atom. The number of carbonyl (C=O) groups excluding carboxylic acids is 1. The van der Waals surface area contributed by atoms with Gasteiger partial charge in [-0.3, -0.25) is 4.79 Å². The number of Topliss-reactive ketones (excluding diaryl/α,β-unsaturated/α-hetero) is 1. The Morgan fingerprint density at radius 1 is 1.00 bits per heavy atom. The van der Waals surface area contributed by atoms with Crippen LogP contribution in [0.4, 0.5) is 0 Å². The minimum atomic E-state index is 0.422. The van der Waals surface area contributed by atoms with Crippen molar-refractivity contribution in [1.82, 2.24) is 0 Å². The molecule has 1 aliphatic carbocycles. The summed E-state index contributed by atoms with van der Waals surface area (Å²) in [6.07, 6.45) is 11.3. The summed E-state index contributed by atoms with van der Waals surface area (Å²) in [5.74, 6) is 1.62. The number of ketones is 1. The summed E-state index contributed by atoms with van der Waals surface area (Å²) >= 11 is 0. The highest BCUT2D eigenvalue weighted by Crippen LogP contribution is 2.32. The highest BCUT2D eigenvalue weighted by atomic mass is 16.1. The predicted molar refractivity (Wildman–Crippen MR) is 55.5 cm³/mol. The van der Waals surface area contributed by atoms with E-state index in [1.54, 1.807) is 0 Å². The number of hydrogen-bond donors (Lipinski definition) is 0. The molecule has 0 unspecified atom stereocenters. The van der Waals surface area contributed by atoms with Crippen LogP contribution < -0.4 is 0 Å². The van der Waals surface area contributed by atoms with E-state index in [0.29, 0.717) is 5.78 Å². The van der Waals surface area contributed by atoms with E-state index in [2.05, 4.69) is 6.92 Å². The van der Waals surface area contributed by atoms with Crippen molar-refractivity contribution in [2.75, 3.05) is 0 Å². The van der Waals surface area contributed by atoms with Gasteiger partial charge in [0, 0.05) is 12.3 Å². The van der Waals surface area contributed by atoms with E-state index in [-0.39, 0.29) is 0 Å². The van der Waals surface area contributed by atoms with Gasteiger partial charge in [-0.25, -0.2) is 0 Å². The summed E-state index contributed by atoms with van der Waals surface area (Å²) in [5.41, 5.74) is 0. The zero-order valence-electron chi connectivity index (χ0n) is 8.77. The van der Waals surface area contributed by atoms with Crippen molar-refractivity contribution in [2.45, 2.75) is 64.7 Å². The van der Waals surface area contributed by atoms with Crippen molar-refractivity contribution in [3.63, 3.8) is 0 Å². The third-order valence-corrected chi connectivity index (χ3v) is 2.73. The molecule has 1 nitrogen and oxygen atoms in total. The first kappa shape index (κ1) is 10.7. The fourth-order valence-corrected chi connectivity index (χ4v) is 1.67. The summed E-state index contributed by atoms with van der Waals surface area (Å²) in [5, 5.41) is 0. The molecule has 0 saturated heterocycles. The lowest BCUT2D eigenvalue weighted by Crippen LogP contribution is -1.82. The molecule has 0 spiro atoms. The average Bonchev–Trinajstić information content (AvgIpc) is 2.81. The second-order valence-corrected chi connectivity index (χ2v) is 4.07. The quantitative estimate of drug-likeness (QED) is 0.522. The fraction of sp³-hybridized carbons (Fsp3) is 0.833. The monoisotopic (exact) mass is 181 g/mol. The Bertz CT molecular complexity index is 151. The van der Waals surface area contributed by atoms with Gasteiger partial charge in [0.2, 0.25) is 0 Å². The number of hydrogen-bond acceptors (Lipinski definition) is 1. The van der Waals surface area contributed by atoms with Gasteiger partial charge >= 0.3 is 0 Å². The largest absolute Gasteiger partial charge is 0.299 e. The van der Waals surface area contributed by atoms with Crippen LogP contribution in [0.25, 0.3) is 0 Å². The smallest absolute Gasteiger partial charge is 0.141 e. The molecule has 0 heterocycles. The zero-order chi connectivity index (χ0) is 9.52. The second-order valence-electron chi connectivity index (χ2n) is 4.07. The van der Waals surface area contributed by atoms with Crippen molar-refractivity contribution in [2.24, 2.45) is 0 Å². The molecule has 0 aliphatic heterocycles. The molecule has 1 rings (SSSR count). The van der Waals surface area contributed by atoms with Crippen LogP contribution in [0.15, 0.2) is 0 Å². The van der Waals surface area contributed by atoms with Crippen LogP contribution in [0, 0.1) is 5.92 Å². The molecule has 1 saturated carbocycles. The van der Waals surface area contributed by atoms with Crippen LogP contribution in [0.1, 0.15) is 64.7 Å². The van der Waals surface area contributed by atoms with Crippen molar-refractivity contribution in [3.05, 3.63) is 5.92 Å². The van der Waals surface area contributed by atoms with E-state index < -0.39 is 0 Å².